The number of anilines is 3. The van der Waals surface area contributed by atoms with Crippen LogP contribution in [0.5, 0.6) is 0 Å². The molecule has 0 aliphatic carbocycles. The van der Waals surface area contributed by atoms with Crippen molar-refractivity contribution >= 4 is 28.9 Å². The van der Waals surface area contributed by atoms with Gasteiger partial charge in [0.15, 0.2) is 0 Å². The van der Waals surface area contributed by atoms with E-state index in [1.54, 1.807) is 11.0 Å². The number of hydrogen-bond donors (Lipinski definition) is 1. The Hall–Kier alpha value is -2.70. The molecule has 0 bridgehead atoms. The highest BCUT2D eigenvalue weighted by Crippen LogP contribution is 2.38. The average molecular weight is 405 g/mol. The Labute approximate surface area is 177 Å². The zero-order valence-corrected chi connectivity index (χ0v) is 17.2. The summed E-state index contributed by atoms with van der Waals surface area (Å²) in [5.41, 5.74) is 2.58. The van der Waals surface area contributed by atoms with Gasteiger partial charge in [0.1, 0.15) is 0 Å². The van der Waals surface area contributed by atoms with Gasteiger partial charge in [0.05, 0.1) is 29.2 Å². The van der Waals surface area contributed by atoms with Gasteiger partial charge in [0, 0.05) is 12.6 Å². The molecule has 156 valence electrons. The summed E-state index contributed by atoms with van der Waals surface area (Å²) in [5, 5.41) is 2.96. The number of benzene rings is 2. The number of carbonyl (C=O) groups excluding carboxylic acids is 2. The molecule has 0 spiro atoms. The molecule has 2 amide bonds. The van der Waals surface area contributed by atoms with Crippen LogP contribution >= 0.6 is 0 Å². The number of likely N-dealkylation sites (tertiary alicyclic amines) is 2. The molecule has 1 N–H and O–H groups in total. The van der Waals surface area contributed by atoms with Crippen molar-refractivity contribution < 1.29 is 9.59 Å². The first-order valence-corrected chi connectivity index (χ1v) is 11.0. The first kappa shape index (κ1) is 19.3. The predicted molar refractivity (Wildman–Crippen MR) is 118 cm³/mol. The molecule has 6 nitrogen and oxygen atoms in total. The van der Waals surface area contributed by atoms with Crippen molar-refractivity contribution in [2.75, 3.05) is 42.9 Å². The van der Waals surface area contributed by atoms with Crippen LogP contribution in [-0.2, 0) is 4.79 Å². The Bertz CT molecular complexity index is 954. The van der Waals surface area contributed by atoms with Crippen molar-refractivity contribution in [3.05, 3.63) is 54.1 Å². The van der Waals surface area contributed by atoms with E-state index in [0.29, 0.717) is 29.5 Å². The van der Waals surface area contributed by atoms with E-state index in [9.17, 15) is 9.59 Å². The predicted octanol–water partition coefficient (Wildman–Crippen LogP) is 3.48. The molecule has 2 saturated heterocycles. The second kappa shape index (κ2) is 8.20. The van der Waals surface area contributed by atoms with E-state index < -0.39 is 0 Å². The van der Waals surface area contributed by atoms with Gasteiger partial charge in [0.2, 0.25) is 5.91 Å². The molecule has 5 rings (SSSR count). The van der Waals surface area contributed by atoms with Crippen molar-refractivity contribution in [1.29, 1.82) is 0 Å². The Morgan fingerprint density at radius 3 is 2.50 bits per heavy atom. The summed E-state index contributed by atoms with van der Waals surface area (Å²) < 4.78 is 0. The molecule has 2 fully saturated rings. The third-order valence-electron chi connectivity index (χ3n) is 6.54. The summed E-state index contributed by atoms with van der Waals surface area (Å²) in [6, 6.07) is 15.3. The van der Waals surface area contributed by atoms with E-state index in [2.05, 4.69) is 15.1 Å². The minimum atomic E-state index is -0.179. The summed E-state index contributed by atoms with van der Waals surface area (Å²) in [6.07, 6.45) is 4.86. The number of fused-ring (bicyclic) bond motifs is 2. The largest absolute Gasteiger partial charge is 0.320 e. The van der Waals surface area contributed by atoms with E-state index in [4.69, 9.17) is 0 Å². The van der Waals surface area contributed by atoms with Crippen molar-refractivity contribution in [2.45, 2.75) is 31.7 Å². The van der Waals surface area contributed by atoms with Gasteiger partial charge in [-0.15, -0.1) is 0 Å². The fraction of sp³-hybridized carbons (Fsp3) is 0.417. The van der Waals surface area contributed by atoms with Crippen LogP contribution in [0.15, 0.2) is 48.5 Å². The second-order valence-electron chi connectivity index (χ2n) is 8.49. The number of nitrogens with zero attached hydrogens (tertiary/aromatic N) is 3. The molecule has 0 saturated carbocycles. The smallest absolute Gasteiger partial charge is 0.257 e. The lowest BCUT2D eigenvalue weighted by Gasteiger charge is -2.31. The molecule has 0 radical (unpaired) electrons. The molecule has 1 atom stereocenters. The van der Waals surface area contributed by atoms with Gasteiger partial charge in [-0.3, -0.25) is 19.4 Å². The van der Waals surface area contributed by atoms with Crippen molar-refractivity contribution in [3.63, 3.8) is 0 Å². The SMILES string of the molecule is O=C1Nc2ccccc2N(C(=O)CN2CCCC2CN2CCCC2)c2ccccc21. The van der Waals surface area contributed by atoms with Gasteiger partial charge in [-0.25, -0.2) is 0 Å². The Balaban J connectivity index is 1.43. The Kier molecular flexibility index (Phi) is 5.27. The van der Waals surface area contributed by atoms with E-state index in [-0.39, 0.29) is 11.8 Å². The van der Waals surface area contributed by atoms with E-state index in [0.717, 1.165) is 31.6 Å². The molecule has 30 heavy (non-hydrogen) atoms. The molecule has 6 heteroatoms. The van der Waals surface area contributed by atoms with Crippen LogP contribution in [0.3, 0.4) is 0 Å². The zero-order valence-electron chi connectivity index (χ0n) is 17.2. The van der Waals surface area contributed by atoms with Crippen LogP contribution in [0, 0.1) is 0 Å². The third-order valence-corrected chi connectivity index (χ3v) is 6.54. The highest BCUT2D eigenvalue weighted by atomic mass is 16.2. The number of para-hydroxylation sites is 3. The van der Waals surface area contributed by atoms with Crippen LogP contribution in [-0.4, -0.2) is 60.4 Å². The maximum absolute atomic E-state index is 13.7. The molecule has 1 unspecified atom stereocenters. The van der Waals surface area contributed by atoms with E-state index in [1.807, 2.05) is 42.5 Å². The number of nitrogens with one attached hydrogen (secondary N) is 1. The minimum Gasteiger partial charge on any atom is -0.320 e. The van der Waals surface area contributed by atoms with Gasteiger partial charge >= 0.3 is 0 Å². The first-order chi connectivity index (χ1) is 14.7. The molecule has 0 aromatic heterocycles. The Morgan fingerprint density at radius 1 is 0.933 bits per heavy atom. The van der Waals surface area contributed by atoms with Gasteiger partial charge in [-0.05, 0) is 69.6 Å². The standard InChI is InChI=1S/C24H28N4O2/c29-23(17-27-15-7-8-18(27)16-26-13-5-6-14-26)28-21-11-3-1-9-19(21)24(30)25-20-10-2-4-12-22(20)28/h1-4,9-12,18H,5-8,13-17H2,(H,25,30). The molecule has 3 aliphatic heterocycles. The summed E-state index contributed by atoms with van der Waals surface area (Å²) in [5.74, 6) is -0.166. The summed E-state index contributed by atoms with van der Waals surface area (Å²) in [7, 11) is 0. The highest BCUT2D eigenvalue weighted by Gasteiger charge is 2.33. The van der Waals surface area contributed by atoms with Crippen LogP contribution < -0.4 is 10.2 Å². The molecule has 3 heterocycles. The van der Waals surface area contributed by atoms with Crippen molar-refractivity contribution in [3.8, 4) is 0 Å². The lowest BCUT2D eigenvalue weighted by molar-refractivity contribution is -0.119. The topological polar surface area (TPSA) is 55.9 Å². The lowest BCUT2D eigenvalue weighted by atomic mass is 10.1. The molecule has 2 aromatic rings. The zero-order chi connectivity index (χ0) is 20.5. The normalized spacial score (nSPS) is 21.8. The summed E-state index contributed by atoms with van der Waals surface area (Å²) in [6.45, 7) is 4.74. The number of rotatable bonds is 4. The molecule has 2 aromatic carbocycles. The number of amides is 2. The monoisotopic (exact) mass is 404 g/mol. The van der Waals surface area contributed by atoms with Crippen molar-refractivity contribution in [1.82, 2.24) is 9.80 Å². The maximum atomic E-state index is 13.7. The van der Waals surface area contributed by atoms with E-state index in [1.165, 1.54) is 25.9 Å². The van der Waals surface area contributed by atoms with Gasteiger partial charge in [-0.1, -0.05) is 24.3 Å². The summed E-state index contributed by atoms with van der Waals surface area (Å²) in [4.78, 5) is 33.0. The molecular formula is C24H28N4O2. The van der Waals surface area contributed by atoms with Crippen LogP contribution in [0.2, 0.25) is 0 Å². The van der Waals surface area contributed by atoms with Gasteiger partial charge in [-0.2, -0.15) is 0 Å². The Morgan fingerprint density at radius 2 is 1.67 bits per heavy atom. The van der Waals surface area contributed by atoms with Gasteiger partial charge < -0.3 is 10.2 Å². The summed E-state index contributed by atoms with van der Waals surface area (Å²) >= 11 is 0. The average Bonchev–Trinajstić information content (AvgIpc) is 3.40. The van der Waals surface area contributed by atoms with Crippen molar-refractivity contribution in [2.24, 2.45) is 0 Å². The van der Waals surface area contributed by atoms with E-state index >= 15 is 0 Å². The number of hydrogen-bond acceptors (Lipinski definition) is 4. The molecule has 3 aliphatic rings. The second-order valence-corrected chi connectivity index (χ2v) is 8.49. The highest BCUT2D eigenvalue weighted by molar-refractivity contribution is 6.17. The fourth-order valence-electron chi connectivity index (χ4n) is 5.04. The minimum absolute atomic E-state index is 0.0136. The third kappa shape index (κ3) is 3.61. The number of carbonyl (C=O) groups is 2. The van der Waals surface area contributed by atoms with Gasteiger partial charge in [0.25, 0.3) is 5.91 Å². The maximum Gasteiger partial charge on any atom is 0.257 e. The van der Waals surface area contributed by atoms with Crippen LogP contribution in [0.1, 0.15) is 36.0 Å². The lowest BCUT2D eigenvalue weighted by Crippen LogP contribution is -2.44. The first-order valence-electron chi connectivity index (χ1n) is 11.0. The quantitative estimate of drug-likeness (QED) is 0.848. The van der Waals surface area contributed by atoms with Crippen LogP contribution in [0.4, 0.5) is 17.1 Å². The van der Waals surface area contributed by atoms with Crippen LogP contribution in [0.25, 0.3) is 0 Å². The molecular weight excluding hydrogens is 376 g/mol. The fourth-order valence-corrected chi connectivity index (χ4v) is 5.04.